The van der Waals surface area contributed by atoms with Crippen LogP contribution in [0.5, 0.6) is 17.2 Å². The van der Waals surface area contributed by atoms with Crippen LogP contribution < -0.4 is 5.32 Å². The summed E-state index contributed by atoms with van der Waals surface area (Å²) in [6.45, 7) is 3.94. The second kappa shape index (κ2) is 6.67. The number of ketones is 2. The summed E-state index contributed by atoms with van der Waals surface area (Å²) in [5.41, 5.74) is 2.34. The molecule has 146 valence electrons. The Morgan fingerprint density at radius 3 is 1.86 bits per heavy atom. The number of aromatic hydroxyl groups is 3. The Kier molecular flexibility index (Phi) is 4.27. The lowest BCUT2D eigenvalue weighted by Crippen LogP contribution is -2.23. The summed E-state index contributed by atoms with van der Waals surface area (Å²) in [7, 11) is 0. The van der Waals surface area contributed by atoms with Crippen molar-refractivity contribution < 1.29 is 24.9 Å². The van der Waals surface area contributed by atoms with Gasteiger partial charge in [-0.2, -0.15) is 0 Å². The Hall–Kier alpha value is -3.80. The molecule has 0 heterocycles. The zero-order chi connectivity index (χ0) is 20.9. The fourth-order valence-corrected chi connectivity index (χ4v) is 3.79. The Balaban J connectivity index is 1.96. The molecular weight excluding hydrogens is 370 g/mol. The molecule has 0 aromatic heterocycles. The molecular formula is C23H19NO5. The van der Waals surface area contributed by atoms with E-state index in [1.165, 1.54) is 12.1 Å². The summed E-state index contributed by atoms with van der Waals surface area (Å²) in [5, 5.41) is 33.9. The van der Waals surface area contributed by atoms with Gasteiger partial charge in [0.05, 0.1) is 27.9 Å². The molecule has 3 aromatic rings. The molecule has 0 amide bonds. The smallest absolute Gasteiger partial charge is 0.202 e. The lowest BCUT2D eigenvalue weighted by atomic mass is 9.81. The molecule has 0 radical (unpaired) electrons. The molecule has 1 aliphatic rings. The Morgan fingerprint density at radius 1 is 0.759 bits per heavy atom. The molecule has 0 atom stereocenters. The van der Waals surface area contributed by atoms with Crippen molar-refractivity contribution in [2.24, 2.45) is 0 Å². The van der Waals surface area contributed by atoms with Crippen molar-refractivity contribution in [1.29, 1.82) is 0 Å². The van der Waals surface area contributed by atoms with Crippen LogP contribution in [-0.4, -0.2) is 26.9 Å². The predicted octanol–water partition coefficient (Wildman–Crippen LogP) is 4.19. The number of phenolic OH excluding ortho intramolecular Hbond substituents is 3. The molecule has 29 heavy (non-hydrogen) atoms. The van der Waals surface area contributed by atoms with E-state index in [1.807, 2.05) is 32.0 Å². The number of hydrogen-bond donors (Lipinski definition) is 4. The first kappa shape index (κ1) is 18.6. The van der Waals surface area contributed by atoms with Gasteiger partial charge in [0, 0.05) is 5.69 Å². The first-order valence-electron chi connectivity index (χ1n) is 9.21. The molecule has 0 spiro atoms. The van der Waals surface area contributed by atoms with Gasteiger partial charge in [0.2, 0.25) is 11.6 Å². The fourth-order valence-electron chi connectivity index (χ4n) is 3.79. The van der Waals surface area contributed by atoms with Gasteiger partial charge in [-0.05, 0) is 48.7 Å². The van der Waals surface area contributed by atoms with E-state index in [2.05, 4.69) is 5.32 Å². The SMILES string of the molecule is CCc1cccc(C)c1Nc1ccc(O)c2c1C(=O)c1c(O)ccc(O)c1C2=O. The maximum Gasteiger partial charge on any atom is 0.202 e. The Morgan fingerprint density at radius 2 is 1.28 bits per heavy atom. The summed E-state index contributed by atoms with van der Waals surface area (Å²) < 4.78 is 0. The molecule has 6 nitrogen and oxygen atoms in total. The summed E-state index contributed by atoms with van der Waals surface area (Å²) in [5.74, 6) is -2.55. The van der Waals surface area contributed by atoms with Crippen LogP contribution in [0.2, 0.25) is 0 Å². The van der Waals surface area contributed by atoms with Crippen LogP contribution in [0.3, 0.4) is 0 Å². The monoisotopic (exact) mass is 389 g/mol. The fraction of sp³-hybridized carbons (Fsp3) is 0.130. The van der Waals surface area contributed by atoms with E-state index in [9.17, 15) is 24.9 Å². The molecule has 3 aromatic carbocycles. The molecule has 0 unspecified atom stereocenters. The molecule has 0 bridgehead atoms. The zero-order valence-corrected chi connectivity index (χ0v) is 15.9. The van der Waals surface area contributed by atoms with Crippen molar-refractivity contribution in [2.45, 2.75) is 20.3 Å². The van der Waals surface area contributed by atoms with Crippen molar-refractivity contribution in [2.75, 3.05) is 5.32 Å². The second-order valence-electron chi connectivity index (χ2n) is 6.98. The van der Waals surface area contributed by atoms with Gasteiger partial charge >= 0.3 is 0 Å². The maximum atomic E-state index is 13.3. The van der Waals surface area contributed by atoms with Gasteiger partial charge in [-0.15, -0.1) is 0 Å². The topological polar surface area (TPSA) is 107 Å². The third-order valence-electron chi connectivity index (χ3n) is 5.25. The molecule has 0 fully saturated rings. The van der Waals surface area contributed by atoms with Gasteiger partial charge in [0.25, 0.3) is 0 Å². The maximum absolute atomic E-state index is 13.3. The quantitative estimate of drug-likeness (QED) is 0.391. The van der Waals surface area contributed by atoms with Crippen LogP contribution in [0.1, 0.15) is 49.9 Å². The first-order valence-corrected chi connectivity index (χ1v) is 9.21. The Bertz CT molecular complexity index is 1200. The number of nitrogens with one attached hydrogen (secondary N) is 1. The zero-order valence-electron chi connectivity index (χ0n) is 15.9. The van der Waals surface area contributed by atoms with E-state index in [0.29, 0.717) is 5.69 Å². The Labute approximate surface area is 167 Å². The van der Waals surface area contributed by atoms with Crippen LogP contribution in [0.15, 0.2) is 42.5 Å². The first-order chi connectivity index (χ1) is 13.8. The standard InChI is InChI=1S/C23H19NO5/c1-3-12-6-4-5-11(2)21(12)24-13-7-8-14(25)18-17(13)22(28)19-15(26)9-10-16(27)20(19)23(18)29/h4-10,24-27H,3H2,1-2H3. The second-order valence-corrected chi connectivity index (χ2v) is 6.98. The van der Waals surface area contributed by atoms with E-state index in [0.717, 1.165) is 35.4 Å². The normalized spacial score (nSPS) is 12.5. The van der Waals surface area contributed by atoms with Crippen molar-refractivity contribution >= 4 is 22.9 Å². The average Bonchev–Trinajstić information content (AvgIpc) is 2.70. The van der Waals surface area contributed by atoms with Gasteiger partial charge < -0.3 is 20.6 Å². The van der Waals surface area contributed by atoms with Gasteiger partial charge in [0.15, 0.2) is 0 Å². The number of phenols is 3. The summed E-state index contributed by atoms with van der Waals surface area (Å²) in [4.78, 5) is 26.3. The summed E-state index contributed by atoms with van der Waals surface area (Å²) in [6.07, 6.45) is 0.759. The van der Waals surface area contributed by atoms with Crippen LogP contribution in [0.4, 0.5) is 11.4 Å². The number of rotatable bonds is 3. The summed E-state index contributed by atoms with van der Waals surface area (Å²) >= 11 is 0. The number of anilines is 2. The number of fused-ring (bicyclic) bond motifs is 2. The number of para-hydroxylation sites is 1. The van der Waals surface area contributed by atoms with Gasteiger partial charge in [-0.25, -0.2) is 0 Å². The van der Waals surface area contributed by atoms with Gasteiger partial charge in [-0.1, -0.05) is 25.1 Å². The minimum Gasteiger partial charge on any atom is -0.507 e. The lowest BCUT2D eigenvalue weighted by molar-refractivity contribution is 0.0972. The number of hydrogen-bond acceptors (Lipinski definition) is 6. The summed E-state index contributed by atoms with van der Waals surface area (Å²) in [6, 6.07) is 11.0. The van der Waals surface area contributed by atoms with E-state index in [1.54, 1.807) is 0 Å². The van der Waals surface area contributed by atoms with Crippen LogP contribution in [-0.2, 0) is 6.42 Å². The molecule has 0 saturated carbocycles. The van der Waals surface area contributed by atoms with Crippen molar-refractivity contribution in [1.82, 2.24) is 0 Å². The van der Waals surface area contributed by atoms with Crippen molar-refractivity contribution in [3.63, 3.8) is 0 Å². The third kappa shape index (κ3) is 2.72. The molecule has 1 aliphatic carbocycles. The van der Waals surface area contributed by atoms with Crippen LogP contribution in [0, 0.1) is 6.92 Å². The largest absolute Gasteiger partial charge is 0.507 e. The number of carbonyl (C=O) groups excluding carboxylic acids is 2. The predicted molar refractivity (Wildman–Crippen MR) is 109 cm³/mol. The number of benzene rings is 3. The molecule has 0 aliphatic heterocycles. The number of carbonyl (C=O) groups is 2. The van der Waals surface area contributed by atoms with E-state index >= 15 is 0 Å². The molecule has 6 heteroatoms. The molecule has 4 N–H and O–H groups in total. The van der Waals surface area contributed by atoms with Crippen LogP contribution >= 0.6 is 0 Å². The molecule has 0 saturated heterocycles. The lowest BCUT2D eigenvalue weighted by Gasteiger charge is -2.24. The van der Waals surface area contributed by atoms with E-state index in [4.69, 9.17) is 0 Å². The average molecular weight is 389 g/mol. The van der Waals surface area contributed by atoms with E-state index < -0.39 is 23.1 Å². The highest BCUT2D eigenvalue weighted by atomic mass is 16.3. The van der Waals surface area contributed by atoms with Crippen LogP contribution in [0.25, 0.3) is 0 Å². The van der Waals surface area contributed by atoms with E-state index in [-0.39, 0.29) is 28.0 Å². The highest BCUT2D eigenvalue weighted by Gasteiger charge is 2.38. The number of aryl methyl sites for hydroxylation is 2. The third-order valence-corrected chi connectivity index (χ3v) is 5.25. The van der Waals surface area contributed by atoms with Crippen molar-refractivity contribution in [3.05, 3.63) is 75.8 Å². The molecule has 4 rings (SSSR count). The minimum atomic E-state index is -0.718. The van der Waals surface area contributed by atoms with Gasteiger partial charge in [-0.3, -0.25) is 9.59 Å². The highest BCUT2D eigenvalue weighted by Crippen LogP contribution is 2.43. The minimum absolute atomic E-state index is 0.0336. The van der Waals surface area contributed by atoms with Gasteiger partial charge in [0.1, 0.15) is 17.2 Å². The van der Waals surface area contributed by atoms with Crippen molar-refractivity contribution in [3.8, 4) is 17.2 Å². The highest BCUT2D eigenvalue weighted by molar-refractivity contribution is 6.32.